The topological polar surface area (TPSA) is 67.2 Å². The maximum atomic E-state index is 13.1. The van der Waals surface area contributed by atoms with Gasteiger partial charge in [-0.3, -0.25) is 9.59 Å². The van der Waals surface area contributed by atoms with Crippen LogP contribution in [0.1, 0.15) is 16.1 Å². The highest BCUT2D eigenvalue weighted by atomic mass is 16.2. The van der Waals surface area contributed by atoms with Crippen LogP contribution >= 0.6 is 0 Å². The summed E-state index contributed by atoms with van der Waals surface area (Å²) in [4.78, 5) is 28.0. The first-order valence-corrected chi connectivity index (χ1v) is 9.65. The molecule has 1 amide bonds. The smallest absolute Gasteiger partial charge is 0.276 e. The third-order valence-corrected chi connectivity index (χ3v) is 4.90. The minimum Gasteiger partial charge on any atom is -0.378 e. The molecule has 1 aromatic heterocycles. The summed E-state index contributed by atoms with van der Waals surface area (Å²) in [5.41, 5.74) is 2.64. The average molecular weight is 398 g/mol. The largest absolute Gasteiger partial charge is 0.378 e. The predicted octanol–water partition coefficient (Wildman–Crippen LogP) is 3.76. The molecule has 0 spiro atoms. The molecule has 6 heteroatoms. The van der Waals surface area contributed by atoms with E-state index in [2.05, 4.69) is 10.4 Å². The standard InChI is InChI=1S/C24H22N4O2/c1-27(2)19-14-12-18(13-15-19)25-23(29)22-20-10-6-7-11-21(20)24(30)28(26-22)16-17-8-4-3-5-9-17/h3-15H,16H2,1-2H3,(H,25,29). The Kier molecular flexibility index (Phi) is 5.30. The Balaban J connectivity index is 1.72. The zero-order valence-electron chi connectivity index (χ0n) is 16.9. The fraction of sp³-hybridized carbons (Fsp3) is 0.125. The maximum Gasteiger partial charge on any atom is 0.276 e. The van der Waals surface area contributed by atoms with Crippen molar-refractivity contribution in [2.24, 2.45) is 0 Å². The van der Waals surface area contributed by atoms with E-state index in [1.54, 1.807) is 24.3 Å². The Morgan fingerprint density at radius 1 is 0.900 bits per heavy atom. The van der Waals surface area contributed by atoms with E-state index in [0.29, 0.717) is 23.0 Å². The van der Waals surface area contributed by atoms with Gasteiger partial charge in [-0.05, 0) is 35.9 Å². The summed E-state index contributed by atoms with van der Waals surface area (Å²) in [7, 11) is 3.92. The van der Waals surface area contributed by atoms with Crippen LogP contribution in [0.25, 0.3) is 10.8 Å². The number of anilines is 2. The summed E-state index contributed by atoms with van der Waals surface area (Å²) in [6, 6.07) is 24.2. The molecule has 0 fully saturated rings. The van der Waals surface area contributed by atoms with E-state index < -0.39 is 0 Å². The van der Waals surface area contributed by atoms with Crippen LogP contribution in [0, 0.1) is 0 Å². The van der Waals surface area contributed by atoms with Gasteiger partial charge in [0.1, 0.15) is 0 Å². The molecule has 0 atom stereocenters. The summed E-state index contributed by atoms with van der Waals surface area (Å²) in [5, 5.41) is 8.32. The van der Waals surface area contributed by atoms with Crippen molar-refractivity contribution in [3.8, 4) is 0 Å². The summed E-state index contributed by atoms with van der Waals surface area (Å²) in [5.74, 6) is -0.356. The van der Waals surface area contributed by atoms with Gasteiger partial charge >= 0.3 is 0 Å². The Morgan fingerprint density at radius 2 is 1.53 bits per heavy atom. The second-order valence-electron chi connectivity index (χ2n) is 7.24. The SMILES string of the molecule is CN(C)c1ccc(NC(=O)c2nn(Cc3ccccc3)c(=O)c3ccccc23)cc1. The average Bonchev–Trinajstić information content (AvgIpc) is 2.77. The Labute approximate surface area is 174 Å². The molecule has 150 valence electrons. The molecular weight excluding hydrogens is 376 g/mol. The molecule has 0 saturated carbocycles. The number of amides is 1. The fourth-order valence-corrected chi connectivity index (χ4v) is 3.30. The molecule has 0 aliphatic rings. The molecule has 1 heterocycles. The van der Waals surface area contributed by atoms with E-state index in [1.807, 2.05) is 73.6 Å². The van der Waals surface area contributed by atoms with Crippen LogP contribution in [-0.2, 0) is 6.54 Å². The number of hydrogen-bond acceptors (Lipinski definition) is 4. The molecule has 0 aliphatic carbocycles. The number of nitrogens with one attached hydrogen (secondary N) is 1. The minimum absolute atomic E-state index is 0.220. The van der Waals surface area contributed by atoms with Crippen molar-refractivity contribution in [3.05, 3.63) is 100 Å². The number of carbonyl (C=O) groups excluding carboxylic acids is 1. The molecule has 4 rings (SSSR count). The zero-order chi connectivity index (χ0) is 21.1. The van der Waals surface area contributed by atoms with Crippen LogP contribution in [0.15, 0.2) is 83.7 Å². The lowest BCUT2D eigenvalue weighted by Gasteiger charge is -2.14. The number of rotatable bonds is 5. The van der Waals surface area contributed by atoms with E-state index in [9.17, 15) is 9.59 Å². The molecule has 0 aliphatic heterocycles. The lowest BCUT2D eigenvalue weighted by atomic mass is 10.1. The summed E-state index contributed by atoms with van der Waals surface area (Å²) >= 11 is 0. The highest BCUT2D eigenvalue weighted by Gasteiger charge is 2.17. The van der Waals surface area contributed by atoms with Crippen LogP contribution < -0.4 is 15.8 Å². The molecular formula is C24H22N4O2. The molecule has 3 aromatic carbocycles. The summed E-state index contributed by atoms with van der Waals surface area (Å²) in [6.07, 6.45) is 0. The highest BCUT2D eigenvalue weighted by molar-refractivity contribution is 6.11. The molecule has 6 nitrogen and oxygen atoms in total. The van der Waals surface area contributed by atoms with Crippen LogP contribution in [0.5, 0.6) is 0 Å². The van der Waals surface area contributed by atoms with Crippen molar-refractivity contribution in [1.82, 2.24) is 9.78 Å². The normalized spacial score (nSPS) is 10.7. The number of aromatic nitrogens is 2. The molecule has 0 bridgehead atoms. The van der Waals surface area contributed by atoms with Gasteiger partial charge < -0.3 is 10.2 Å². The van der Waals surface area contributed by atoms with E-state index >= 15 is 0 Å². The fourth-order valence-electron chi connectivity index (χ4n) is 3.30. The third kappa shape index (κ3) is 3.93. The first-order chi connectivity index (χ1) is 14.5. The Hall–Kier alpha value is -3.93. The molecule has 0 radical (unpaired) electrons. The number of hydrogen-bond donors (Lipinski definition) is 1. The van der Waals surface area contributed by atoms with Gasteiger partial charge in [0.15, 0.2) is 5.69 Å². The van der Waals surface area contributed by atoms with Gasteiger partial charge in [0.25, 0.3) is 11.5 Å². The lowest BCUT2D eigenvalue weighted by molar-refractivity contribution is 0.102. The van der Waals surface area contributed by atoms with Crippen LogP contribution in [-0.4, -0.2) is 29.8 Å². The van der Waals surface area contributed by atoms with E-state index in [4.69, 9.17) is 0 Å². The number of carbonyl (C=O) groups is 1. The van der Waals surface area contributed by atoms with Gasteiger partial charge in [0.05, 0.1) is 11.9 Å². The second-order valence-corrected chi connectivity index (χ2v) is 7.24. The van der Waals surface area contributed by atoms with Gasteiger partial charge in [-0.1, -0.05) is 48.5 Å². The van der Waals surface area contributed by atoms with E-state index in [0.717, 1.165) is 11.3 Å². The summed E-state index contributed by atoms with van der Waals surface area (Å²) in [6.45, 7) is 0.294. The molecule has 1 N–H and O–H groups in total. The first-order valence-electron chi connectivity index (χ1n) is 9.65. The molecule has 0 saturated heterocycles. The monoisotopic (exact) mass is 398 g/mol. The van der Waals surface area contributed by atoms with Crippen molar-refractivity contribution in [2.45, 2.75) is 6.54 Å². The van der Waals surface area contributed by atoms with Crippen molar-refractivity contribution in [1.29, 1.82) is 0 Å². The minimum atomic E-state index is -0.356. The van der Waals surface area contributed by atoms with Gasteiger partial charge in [0.2, 0.25) is 0 Å². The number of fused-ring (bicyclic) bond motifs is 1. The summed E-state index contributed by atoms with van der Waals surface area (Å²) < 4.78 is 1.35. The maximum absolute atomic E-state index is 13.1. The van der Waals surface area contributed by atoms with Crippen LogP contribution in [0.2, 0.25) is 0 Å². The number of nitrogens with zero attached hydrogens (tertiary/aromatic N) is 3. The predicted molar refractivity (Wildman–Crippen MR) is 120 cm³/mol. The van der Waals surface area contributed by atoms with Crippen molar-refractivity contribution < 1.29 is 4.79 Å². The van der Waals surface area contributed by atoms with Crippen molar-refractivity contribution >= 4 is 28.1 Å². The highest BCUT2D eigenvalue weighted by Crippen LogP contribution is 2.18. The van der Waals surface area contributed by atoms with E-state index in [-0.39, 0.29) is 17.2 Å². The third-order valence-electron chi connectivity index (χ3n) is 4.90. The molecule has 30 heavy (non-hydrogen) atoms. The first kappa shape index (κ1) is 19.4. The zero-order valence-corrected chi connectivity index (χ0v) is 16.9. The number of benzene rings is 3. The van der Waals surface area contributed by atoms with Crippen molar-refractivity contribution in [3.63, 3.8) is 0 Å². The van der Waals surface area contributed by atoms with Gasteiger partial charge in [-0.25, -0.2) is 4.68 Å². The van der Waals surface area contributed by atoms with Gasteiger partial charge in [-0.15, -0.1) is 0 Å². The van der Waals surface area contributed by atoms with Crippen LogP contribution in [0.4, 0.5) is 11.4 Å². The Bertz CT molecular complexity index is 1250. The second kappa shape index (κ2) is 8.21. The van der Waals surface area contributed by atoms with E-state index in [1.165, 1.54) is 4.68 Å². The Morgan fingerprint density at radius 3 is 2.20 bits per heavy atom. The quantitative estimate of drug-likeness (QED) is 0.556. The lowest BCUT2D eigenvalue weighted by Crippen LogP contribution is -2.28. The van der Waals surface area contributed by atoms with Crippen molar-refractivity contribution in [2.75, 3.05) is 24.3 Å². The molecule has 0 unspecified atom stereocenters. The van der Waals surface area contributed by atoms with Crippen LogP contribution in [0.3, 0.4) is 0 Å². The van der Waals surface area contributed by atoms with Gasteiger partial charge in [0, 0.05) is 30.9 Å². The van der Waals surface area contributed by atoms with Gasteiger partial charge in [-0.2, -0.15) is 5.10 Å². The molecule has 4 aromatic rings.